The van der Waals surface area contributed by atoms with Gasteiger partial charge in [0.15, 0.2) is 13.5 Å². The highest BCUT2D eigenvalue weighted by Crippen LogP contribution is 2.33. The summed E-state index contributed by atoms with van der Waals surface area (Å²) in [5.41, 5.74) is 4.55. The molecule has 6 nitrogen and oxygen atoms in total. The van der Waals surface area contributed by atoms with E-state index in [1.165, 1.54) is 11.1 Å². The van der Waals surface area contributed by atoms with Crippen molar-refractivity contribution < 1.29 is 18.9 Å². The Bertz CT molecular complexity index is 1500. The molecule has 0 N–H and O–H groups in total. The molecule has 6 heteroatoms. The summed E-state index contributed by atoms with van der Waals surface area (Å²) in [6, 6.07) is 40.1. The smallest absolute Gasteiger partial charge is 0.161 e. The third kappa shape index (κ3) is 5.12. The molecule has 0 aromatic heterocycles. The Labute approximate surface area is 233 Å². The third-order valence-electron chi connectivity index (χ3n) is 7.10. The van der Waals surface area contributed by atoms with Crippen molar-refractivity contribution in [2.45, 2.75) is 13.1 Å². The topological polar surface area (TPSA) is 43.4 Å². The van der Waals surface area contributed by atoms with Gasteiger partial charge in [0.2, 0.25) is 0 Å². The zero-order valence-corrected chi connectivity index (χ0v) is 21.9. The Morgan fingerprint density at radius 3 is 1.38 bits per heavy atom. The molecule has 5 aromatic rings. The van der Waals surface area contributed by atoms with Crippen molar-refractivity contribution in [3.8, 4) is 34.5 Å². The average molecular weight is 529 g/mol. The summed E-state index contributed by atoms with van der Waals surface area (Å²) in [6.45, 7) is 2.68. The molecule has 198 valence electrons. The summed E-state index contributed by atoms with van der Waals surface area (Å²) in [4.78, 5) is 4.39. The zero-order chi connectivity index (χ0) is 26.7. The number of anilines is 2. The first-order chi connectivity index (χ1) is 19.8. The Morgan fingerprint density at radius 1 is 0.450 bits per heavy atom. The van der Waals surface area contributed by atoms with Crippen molar-refractivity contribution in [2.24, 2.45) is 0 Å². The molecule has 2 aliphatic heterocycles. The van der Waals surface area contributed by atoms with Gasteiger partial charge in [-0.05, 0) is 72.8 Å². The van der Waals surface area contributed by atoms with E-state index in [0.717, 1.165) is 47.5 Å². The normalized spacial score (nSPS) is 13.9. The summed E-state index contributed by atoms with van der Waals surface area (Å²) >= 11 is 0. The first kappa shape index (κ1) is 24.0. The van der Waals surface area contributed by atoms with E-state index in [0.29, 0.717) is 25.0 Å². The second-order valence-corrected chi connectivity index (χ2v) is 9.83. The van der Waals surface area contributed by atoms with Crippen molar-refractivity contribution in [2.75, 3.05) is 23.3 Å². The molecule has 0 bridgehead atoms. The molecule has 0 radical (unpaired) electrons. The number of para-hydroxylation sites is 2. The maximum Gasteiger partial charge on any atom is 0.161 e. The van der Waals surface area contributed by atoms with Crippen LogP contribution in [0, 0.1) is 0 Å². The van der Waals surface area contributed by atoms with Crippen molar-refractivity contribution in [1.82, 2.24) is 0 Å². The lowest BCUT2D eigenvalue weighted by Crippen LogP contribution is -2.31. The molecule has 2 heterocycles. The minimum atomic E-state index is 0.525. The predicted molar refractivity (Wildman–Crippen MR) is 156 cm³/mol. The number of fused-ring (bicyclic) bond motifs is 2. The molecule has 0 saturated carbocycles. The van der Waals surface area contributed by atoms with Crippen LogP contribution in [0.1, 0.15) is 11.1 Å². The molecule has 5 aromatic carbocycles. The Balaban J connectivity index is 0.977. The minimum absolute atomic E-state index is 0.525. The molecule has 0 spiro atoms. The first-order valence-electron chi connectivity index (χ1n) is 13.3. The number of hydrogen-bond donors (Lipinski definition) is 0. The van der Waals surface area contributed by atoms with Gasteiger partial charge in [-0.2, -0.15) is 0 Å². The lowest BCUT2D eigenvalue weighted by Gasteiger charge is -2.30. The number of benzene rings is 5. The van der Waals surface area contributed by atoms with Gasteiger partial charge in [0.05, 0.1) is 0 Å². The van der Waals surface area contributed by atoms with Crippen LogP contribution in [0.4, 0.5) is 11.4 Å². The molecule has 0 saturated heterocycles. The van der Waals surface area contributed by atoms with Crippen LogP contribution < -0.4 is 28.7 Å². The predicted octanol–water partition coefficient (Wildman–Crippen LogP) is 7.98. The second-order valence-electron chi connectivity index (χ2n) is 9.83. The first-order valence-corrected chi connectivity index (χ1v) is 13.3. The summed E-state index contributed by atoms with van der Waals surface area (Å²) in [7, 11) is 0. The molecular weight excluding hydrogens is 500 g/mol. The summed E-state index contributed by atoms with van der Waals surface area (Å²) in [6.07, 6.45) is 0. The van der Waals surface area contributed by atoms with Crippen LogP contribution in [0.3, 0.4) is 0 Å². The van der Waals surface area contributed by atoms with Crippen molar-refractivity contribution in [1.29, 1.82) is 0 Å². The zero-order valence-electron chi connectivity index (χ0n) is 21.9. The van der Waals surface area contributed by atoms with Crippen LogP contribution in [0.2, 0.25) is 0 Å². The van der Waals surface area contributed by atoms with E-state index in [2.05, 4.69) is 46.2 Å². The molecule has 0 fully saturated rings. The molecule has 0 aliphatic carbocycles. The van der Waals surface area contributed by atoms with Gasteiger partial charge in [-0.3, -0.25) is 0 Å². The van der Waals surface area contributed by atoms with Gasteiger partial charge in [0.25, 0.3) is 0 Å². The van der Waals surface area contributed by atoms with Gasteiger partial charge < -0.3 is 28.7 Å². The van der Waals surface area contributed by atoms with E-state index < -0.39 is 0 Å². The van der Waals surface area contributed by atoms with Crippen molar-refractivity contribution in [3.05, 3.63) is 132 Å². The summed E-state index contributed by atoms with van der Waals surface area (Å²) in [5.74, 6) is 4.85. The second kappa shape index (κ2) is 10.6. The number of ether oxygens (including phenoxy) is 4. The summed E-state index contributed by atoms with van der Waals surface area (Å²) in [5, 5.41) is 0. The van der Waals surface area contributed by atoms with Crippen LogP contribution in [0.25, 0.3) is 0 Å². The van der Waals surface area contributed by atoms with E-state index >= 15 is 0 Å². The van der Waals surface area contributed by atoms with Crippen LogP contribution in [-0.2, 0) is 13.1 Å². The maximum atomic E-state index is 6.13. The largest absolute Gasteiger partial charge is 0.473 e. The molecule has 7 rings (SSSR count). The van der Waals surface area contributed by atoms with Gasteiger partial charge in [-0.25, -0.2) is 0 Å². The van der Waals surface area contributed by atoms with E-state index in [9.17, 15) is 0 Å². The number of nitrogens with zero attached hydrogens (tertiary/aromatic N) is 2. The fourth-order valence-corrected chi connectivity index (χ4v) is 5.00. The third-order valence-corrected chi connectivity index (χ3v) is 7.10. The fourth-order valence-electron chi connectivity index (χ4n) is 5.00. The van der Waals surface area contributed by atoms with Crippen molar-refractivity contribution >= 4 is 11.4 Å². The SMILES string of the molecule is c1cc(Oc2ccc(N3COc4ccccc4C3)cc2)cc(Oc2ccc(N3COc4ccccc4C3)cc2)c1. The van der Waals surface area contributed by atoms with E-state index in [-0.39, 0.29) is 0 Å². The van der Waals surface area contributed by atoms with E-state index in [4.69, 9.17) is 18.9 Å². The van der Waals surface area contributed by atoms with Gasteiger partial charge in [-0.15, -0.1) is 0 Å². The fraction of sp³-hybridized carbons (Fsp3) is 0.118. The van der Waals surface area contributed by atoms with Gasteiger partial charge in [0, 0.05) is 41.7 Å². The van der Waals surface area contributed by atoms with Gasteiger partial charge in [-0.1, -0.05) is 42.5 Å². The molecule has 0 unspecified atom stereocenters. The number of hydrogen-bond acceptors (Lipinski definition) is 6. The maximum absolute atomic E-state index is 6.13. The van der Waals surface area contributed by atoms with E-state index in [1.54, 1.807) is 0 Å². The average Bonchev–Trinajstić information content (AvgIpc) is 3.01. The Hall–Kier alpha value is -5.10. The highest BCUT2D eigenvalue weighted by molar-refractivity contribution is 5.54. The standard InChI is InChI=1S/C34H28N2O4/c1-3-10-33-25(6-1)21-35(23-37-33)27-12-16-29(17-13-27)39-31-8-5-9-32(20-31)40-30-18-14-28(15-19-30)36-22-26-7-2-4-11-34(26)38-24-36/h1-20H,21-24H2. The number of rotatable bonds is 6. The minimum Gasteiger partial charge on any atom is -0.473 e. The lowest BCUT2D eigenvalue weighted by atomic mass is 10.1. The Morgan fingerprint density at radius 2 is 0.900 bits per heavy atom. The summed E-state index contributed by atoms with van der Waals surface area (Å²) < 4.78 is 24.1. The van der Waals surface area contributed by atoms with Crippen LogP contribution in [-0.4, -0.2) is 13.5 Å². The van der Waals surface area contributed by atoms with Crippen LogP contribution in [0.15, 0.2) is 121 Å². The Kier molecular flexibility index (Phi) is 6.34. The quantitative estimate of drug-likeness (QED) is 0.223. The molecular formula is C34H28N2O4. The molecule has 40 heavy (non-hydrogen) atoms. The van der Waals surface area contributed by atoms with Gasteiger partial charge >= 0.3 is 0 Å². The monoisotopic (exact) mass is 528 g/mol. The molecule has 2 aliphatic rings. The van der Waals surface area contributed by atoms with Gasteiger partial charge in [0.1, 0.15) is 34.5 Å². The highest BCUT2D eigenvalue weighted by atomic mass is 16.5. The van der Waals surface area contributed by atoms with Crippen molar-refractivity contribution in [3.63, 3.8) is 0 Å². The molecule has 0 amide bonds. The molecule has 0 atom stereocenters. The van der Waals surface area contributed by atoms with Crippen LogP contribution in [0.5, 0.6) is 34.5 Å². The van der Waals surface area contributed by atoms with Crippen LogP contribution >= 0.6 is 0 Å². The van der Waals surface area contributed by atoms with E-state index in [1.807, 2.05) is 84.9 Å². The highest BCUT2D eigenvalue weighted by Gasteiger charge is 2.18. The lowest BCUT2D eigenvalue weighted by molar-refractivity contribution is 0.289.